The minimum absolute atomic E-state index is 0.0261. The number of sulfonamides is 1. The molecule has 0 saturated carbocycles. The Morgan fingerprint density at radius 2 is 1.50 bits per heavy atom. The Balaban J connectivity index is 1.91. The van der Waals surface area contributed by atoms with Gasteiger partial charge in [0, 0.05) is 11.1 Å². The molecule has 0 aliphatic carbocycles. The van der Waals surface area contributed by atoms with E-state index >= 15 is 0 Å². The molecule has 148 valence electrons. The molecule has 0 unspecified atom stereocenters. The van der Waals surface area contributed by atoms with Crippen molar-refractivity contribution in [1.82, 2.24) is 0 Å². The molecule has 3 rings (SSSR count). The van der Waals surface area contributed by atoms with Gasteiger partial charge in [-0.25, -0.2) is 16.8 Å². The lowest BCUT2D eigenvalue weighted by molar-refractivity contribution is 0.249. The number of sulfone groups is 1. The van der Waals surface area contributed by atoms with E-state index in [-0.39, 0.29) is 25.2 Å². The molecule has 0 spiro atoms. The van der Waals surface area contributed by atoms with E-state index in [4.69, 9.17) is 0 Å². The van der Waals surface area contributed by atoms with Crippen LogP contribution in [-0.4, -0.2) is 38.7 Å². The van der Waals surface area contributed by atoms with Crippen LogP contribution in [0.1, 0.15) is 0 Å². The maximum Gasteiger partial charge on any atom is 0.402 e. The maximum atomic E-state index is 12.6. The standard InChI is InChI=1S/C16H15BNO7S3/c19-17(20,21)12-5-4-6-13(9-12)18-28(24,25)16-10-15(11-26-16)27(22,23)14-7-2-1-3-8-14/h1-11,18-21H/q-1. The highest BCUT2D eigenvalue weighted by atomic mass is 32.2. The van der Waals surface area contributed by atoms with Gasteiger partial charge in [0.15, 0.2) is 0 Å². The third-order valence-electron chi connectivity index (χ3n) is 3.77. The van der Waals surface area contributed by atoms with Crippen LogP contribution in [0.15, 0.2) is 80.0 Å². The summed E-state index contributed by atoms with van der Waals surface area (Å²) in [5.41, 5.74) is -0.305. The fourth-order valence-corrected chi connectivity index (χ4v) is 6.32. The van der Waals surface area contributed by atoms with Gasteiger partial charge in [0.05, 0.1) is 9.79 Å². The van der Waals surface area contributed by atoms with Gasteiger partial charge in [-0.15, -0.1) is 16.8 Å². The summed E-state index contributed by atoms with van der Waals surface area (Å²) >= 11 is 0.733. The smallest absolute Gasteiger partial charge is 0.402 e. The highest BCUT2D eigenvalue weighted by Crippen LogP contribution is 2.29. The second-order valence-electron chi connectivity index (χ2n) is 5.88. The summed E-state index contributed by atoms with van der Waals surface area (Å²) in [6.45, 7) is -3.78. The first-order valence-electron chi connectivity index (χ1n) is 7.83. The first kappa shape index (κ1) is 20.5. The molecule has 8 nitrogen and oxygen atoms in total. The minimum atomic E-state index is -4.13. The van der Waals surface area contributed by atoms with Gasteiger partial charge in [0.1, 0.15) is 4.21 Å². The van der Waals surface area contributed by atoms with Crippen molar-refractivity contribution in [3.05, 3.63) is 66.0 Å². The fraction of sp³-hybridized carbons (Fsp3) is 0. The topological polar surface area (TPSA) is 141 Å². The predicted octanol–water partition coefficient (Wildman–Crippen LogP) is 0.504. The van der Waals surface area contributed by atoms with E-state index in [0.717, 1.165) is 23.5 Å². The van der Waals surface area contributed by atoms with Crippen LogP contribution in [0, 0.1) is 0 Å². The SMILES string of the molecule is O=S(=O)(Nc1cccc([B-](O)(O)O)c1)c1cc(S(=O)(=O)c2ccccc2)cs1. The number of rotatable bonds is 6. The molecule has 4 N–H and O–H groups in total. The Kier molecular flexibility index (Phi) is 5.36. The Morgan fingerprint density at radius 3 is 2.14 bits per heavy atom. The van der Waals surface area contributed by atoms with Crippen LogP contribution in [0.3, 0.4) is 0 Å². The number of thiophene rings is 1. The predicted molar refractivity (Wildman–Crippen MR) is 106 cm³/mol. The third-order valence-corrected chi connectivity index (χ3v) is 8.49. The van der Waals surface area contributed by atoms with Crippen LogP contribution in [0.25, 0.3) is 0 Å². The van der Waals surface area contributed by atoms with E-state index in [2.05, 4.69) is 4.72 Å². The molecular weight excluding hydrogens is 425 g/mol. The van der Waals surface area contributed by atoms with E-state index in [0.29, 0.717) is 0 Å². The maximum absolute atomic E-state index is 12.6. The molecule has 0 aliphatic heterocycles. The Bertz CT molecular complexity index is 1200. The summed E-state index contributed by atoms with van der Waals surface area (Å²) < 4.78 is 52.3. The van der Waals surface area contributed by atoms with Gasteiger partial charge >= 0.3 is 6.75 Å². The van der Waals surface area contributed by atoms with Gasteiger partial charge < -0.3 is 15.1 Å². The van der Waals surface area contributed by atoms with Crippen LogP contribution >= 0.6 is 11.3 Å². The van der Waals surface area contributed by atoms with E-state index < -0.39 is 26.6 Å². The van der Waals surface area contributed by atoms with Crippen molar-refractivity contribution in [1.29, 1.82) is 0 Å². The Hall–Kier alpha value is -2.22. The molecule has 0 fully saturated rings. The van der Waals surface area contributed by atoms with Crippen molar-refractivity contribution in [2.45, 2.75) is 14.0 Å². The number of hydrogen-bond acceptors (Lipinski definition) is 8. The van der Waals surface area contributed by atoms with Crippen LogP contribution in [0.4, 0.5) is 5.69 Å². The normalized spacial score (nSPS) is 12.7. The molecule has 0 saturated heterocycles. The number of anilines is 1. The summed E-state index contributed by atoms with van der Waals surface area (Å²) in [6.07, 6.45) is 0. The van der Waals surface area contributed by atoms with Crippen LogP contribution < -0.4 is 10.2 Å². The van der Waals surface area contributed by atoms with Gasteiger partial charge in [-0.2, -0.15) is 0 Å². The van der Waals surface area contributed by atoms with E-state index in [1.165, 1.54) is 35.7 Å². The van der Waals surface area contributed by atoms with Crippen molar-refractivity contribution < 1.29 is 31.9 Å². The van der Waals surface area contributed by atoms with Gasteiger partial charge in [0.25, 0.3) is 10.0 Å². The lowest BCUT2D eigenvalue weighted by atomic mass is 9.71. The lowest BCUT2D eigenvalue weighted by Crippen LogP contribution is -2.48. The molecule has 3 aromatic rings. The molecule has 1 heterocycles. The minimum Gasteiger partial charge on any atom is -0.556 e. The fourth-order valence-electron chi connectivity index (χ4n) is 2.37. The summed E-state index contributed by atoms with van der Waals surface area (Å²) in [6, 6.07) is 13.6. The molecule has 2 aromatic carbocycles. The Labute approximate surface area is 165 Å². The van der Waals surface area contributed by atoms with Crippen molar-refractivity contribution >= 4 is 49.1 Å². The highest BCUT2D eigenvalue weighted by Gasteiger charge is 2.24. The number of nitrogens with one attached hydrogen (secondary N) is 1. The quantitative estimate of drug-likeness (QED) is 0.409. The summed E-state index contributed by atoms with van der Waals surface area (Å²) in [4.78, 5) is -0.105. The monoisotopic (exact) mass is 440 g/mol. The van der Waals surface area contributed by atoms with Crippen molar-refractivity contribution in [3.8, 4) is 0 Å². The molecule has 0 bridgehead atoms. The molecule has 1 aromatic heterocycles. The van der Waals surface area contributed by atoms with Crippen LogP contribution in [-0.2, 0) is 19.9 Å². The zero-order valence-electron chi connectivity index (χ0n) is 14.1. The summed E-state index contributed by atoms with van der Waals surface area (Å²) in [5, 5.41) is 29.0. The van der Waals surface area contributed by atoms with Gasteiger partial charge in [-0.1, -0.05) is 36.4 Å². The molecule has 0 radical (unpaired) electrons. The second-order valence-corrected chi connectivity index (χ2v) is 10.7. The number of hydrogen-bond donors (Lipinski definition) is 4. The largest absolute Gasteiger partial charge is 0.556 e. The third kappa shape index (κ3) is 4.27. The van der Waals surface area contributed by atoms with E-state index in [1.54, 1.807) is 18.2 Å². The molecular formula is C16H15BNO7S3-. The number of benzene rings is 2. The first-order chi connectivity index (χ1) is 13.0. The first-order valence-corrected chi connectivity index (χ1v) is 11.7. The summed E-state index contributed by atoms with van der Waals surface area (Å²) in [5.74, 6) is 0. The molecule has 0 amide bonds. The molecule has 28 heavy (non-hydrogen) atoms. The van der Waals surface area contributed by atoms with Gasteiger partial charge in [0.2, 0.25) is 9.84 Å². The zero-order chi connectivity index (χ0) is 20.6. The average molecular weight is 440 g/mol. The molecule has 0 aliphatic rings. The van der Waals surface area contributed by atoms with E-state index in [1.807, 2.05) is 0 Å². The zero-order valence-corrected chi connectivity index (χ0v) is 16.6. The average Bonchev–Trinajstić information content (AvgIpc) is 3.14. The van der Waals surface area contributed by atoms with Crippen molar-refractivity contribution in [2.75, 3.05) is 4.72 Å². The van der Waals surface area contributed by atoms with Crippen LogP contribution in [0.2, 0.25) is 0 Å². The van der Waals surface area contributed by atoms with Gasteiger partial charge in [-0.05, 0) is 24.3 Å². The Morgan fingerprint density at radius 1 is 0.821 bits per heavy atom. The van der Waals surface area contributed by atoms with Crippen molar-refractivity contribution in [2.24, 2.45) is 0 Å². The van der Waals surface area contributed by atoms with Gasteiger partial charge in [-0.3, -0.25) is 4.72 Å². The van der Waals surface area contributed by atoms with Crippen LogP contribution in [0.5, 0.6) is 0 Å². The summed E-state index contributed by atoms with van der Waals surface area (Å²) in [7, 11) is -7.99. The second kappa shape index (κ2) is 7.31. The van der Waals surface area contributed by atoms with E-state index in [9.17, 15) is 31.9 Å². The molecule has 0 atom stereocenters. The highest BCUT2D eigenvalue weighted by molar-refractivity contribution is 7.95. The lowest BCUT2D eigenvalue weighted by Gasteiger charge is -2.22. The molecule has 12 heteroatoms. The van der Waals surface area contributed by atoms with Crippen molar-refractivity contribution in [3.63, 3.8) is 0 Å².